The molecule has 0 atom stereocenters. The van der Waals surface area contributed by atoms with Gasteiger partial charge in [-0.25, -0.2) is 9.97 Å². The van der Waals surface area contributed by atoms with Crippen LogP contribution >= 0.6 is 0 Å². The summed E-state index contributed by atoms with van der Waals surface area (Å²) in [5, 5.41) is 3.16. The van der Waals surface area contributed by atoms with Crippen LogP contribution in [0.5, 0.6) is 0 Å². The fourth-order valence-corrected chi connectivity index (χ4v) is 1.55. The number of carbonyl (C=O) groups excluding carboxylic acids is 1. The van der Waals surface area contributed by atoms with E-state index in [-0.39, 0.29) is 5.91 Å². The third-order valence-corrected chi connectivity index (χ3v) is 2.53. The van der Waals surface area contributed by atoms with Crippen LogP contribution < -0.4 is 5.32 Å². The zero-order valence-electron chi connectivity index (χ0n) is 10.5. The molecule has 1 heterocycles. The summed E-state index contributed by atoms with van der Waals surface area (Å²) in [6.45, 7) is 6.80. The Morgan fingerprint density at radius 3 is 2.53 bits per heavy atom. The van der Waals surface area contributed by atoms with Gasteiger partial charge in [-0.05, 0) is 19.9 Å². The highest BCUT2D eigenvalue weighted by atomic mass is 16.2. The molecule has 1 amide bonds. The summed E-state index contributed by atoms with van der Waals surface area (Å²) in [5.74, 6) is 0.944. The first kappa shape index (κ1) is 13.6. The van der Waals surface area contributed by atoms with Crippen LogP contribution in [0, 0.1) is 0 Å². The second kappa shape index (κ2) is 7.73. The van der Waals surface area contributed by atoms with Crippen molar-refractivity contribution in [2.75, 3.05) is 19.6 Å². The Hall–Kier alpha value is -1.49. The lowest BCUT2D eigenvalue weighted by Gasteiger charge is -2.18. The van der Waals surface area contributed by atoms with Gasteiger partial charge in [-0.2, -0.15) is 0 Å². The fourth-order valence-electron chi connectivity index (χ4n) is 1.55. The van der Waals surface area contributed by atoms with E-state index >= 15 is 0 Å². The van der Waals surface area contributed by atoms with Crippen molar-refractivity contribution in [1.82, 2.24) is 20.2 Å². The van der Waals surface area contributed by atoms with E-state index in [0.717, 1.165) is 18.9 Å². The van der Waals surface area contributed by atoms with Crippen molar-refractivity contribution in [3.63, 3.8) is 0 Å². The van der Waals surface area contributed by atoms with Gasteiger partial charge in [-0.15, -0.1) is 0 Å². The van der Waals surface area contributed by atoms with Crippen LogP contribution in [-0.2, 0) is 11.3 Å². The Kier molecular flexibility index (Phi) is 6.17. The molecule has 0 bridgehead atoms. The van der Waals surface area contributed by atoms with Gasteiger partial charge in [0.15, 0.2) is 0 Å². The second-order valence-electron chi connectivity index (χ2n) is 3.66. The molecule has 1 rings (SSSR count). The number of amides is 1. The minimum absolute atomic E-state index is 0.191. The van der Waals surface area contributed by atoms with E-state index in [1.807, 2.05) is 18.7 Å². The van der Waals surface area contributed by atoms with Crippen LogP contribution in [0.15, 0.2) is 18.5 Å². The maximum atomic E-state index is 11.7. The predicted molar refractivity (Wildman–Crippen MR) is 66.3 cm³/mol. The Balaban J connectivity index is 2.18. The zero-order chi connectivity index (χ0) is 12.5. The molecule has 0 aliphatic carbocycles. The van der Waals surface area contributed by atoms with Gasteiger partial charge in [0, 0.05) is 38.4 Å². The molecule has 5 nitrogen and oxygen atoms in total. The normalized spacial score (nSPS) is 10.2. The van der Waals surface area contributed by atoms with E-state index in [0.29, 0.717) is 19.5 Å². The number of rotatable bonds is 7. The van der Waals surface area contributed by atoms with Crippen molar-refractivity contribution in [2.45, 2.75) is 26.8 Å². The summed E-state index contributed by atoms with van der Waals surface area (Å²) < 4.78 is 0. The lowest BCUT2D eigenvalue weighted by atomic mass is 10.3. The van der Waals surface area contributed by atoms with E-state index in [1.165, 1.54) is 0 Å². The molecule has 94 valence electrons. The zero-order valence-corrected chi connectivity index (χ0v) is 10.5. The lowest BCUT2D eigenvalue weighted by Crippen LogP contribution is -2.32. The molecule has 0 unspecified atom stereocenters. The highest BCUT2D eigenvalue weighted by Gasteiger charge is 2.08. The van der Waals surface area contributed by atoms with Crippen LogP contribution in [0.3, 0.4) is 0 Å². The van der Waals surface area contributed by atoms with Crippen LogP contribution in [0.4, 0.5) is 0 Å². The minimum atomic E-state index is 0.191. The molecule has 5 heteroatoms. The fraction of sp³-hybridized carbons (Fsp3) is 0.583. The molecule has 0 saturated heterocycles. The van der Waals surface area contributed by atoms with Crippen LogP contribution in [0.25, 0.3) is 0 Å². The maximum absolute atomic E-state index is 11.7. The van der Waals surface area contributed by atoms with E-state index in [1.54, 1.807) is 18.5 Å². The number of hydrogen-bond acceptors (Lipinski definition) is 4. The summed E-state index contributed by atoms with van der Waals surface area (Å²) in [4.78, 5) is 21.7. The molecule has 0 spiro atoms. The first-order valence-electron chi connectivity index (χ1n) is 6.02. The Morgan fingerprint density at radius 1 is 1.29 bits per heavy atom. The molecule has 0 saturated carbocycles. The number of aromatic nitrogens is 2. The largest absolute Gasteiger partial charge is 0.343 e. The van der Waals surface area contributed by atoms with Crippen molar-refractivity contribution in [3.8, 4) is 0 Å². The highest BCUT2D eigenvalue weighted by Crippen LogP contribution is 1.93. The Labute approximate surface area is 102 Å². The number of carbonyl (C=O) groups is 1. The van der Waals surface area contributed by atoms with Crippen molar-refractivity contribution in [2.24, 2.45) is 0 Å². The first-order chi connectivity index (χ1) is 8.27. The van der Waals surface area contributed by atoms with Crippen molar-refractivity contribution >= 4 is 5.91 Å². The number of nitrogens with zero attached hydrogens (tertiary/aromatic N) is 3. The van der Waals surface area contributed by atoms with E-state index < -0.39 is 0 Å². The van der Waals surface area contributed by atoms with Gasteiger partial charge in [0.1, 0.15) is 5.82 Å². The summed E-state index contributed by atoms with van der Waals surface area (Å²) in [5.41, 5.74) is 0. The molecule has 1 N–H and O–H groups in total. The molecule has 0 aromatic carbocycles. The predicted octanol–water partition coefficient (Wildman–Crippen LogP) is 0.825. The average Bonchev–Trinajstić information content (AvgIpc) is 2.37. The van der Waals surface area contributed by atoms with Gasteiger partial charge < -0.3 is 10.2 Å². The second-order valence-corrected chi connectivity index (χ2v) is 3.66. The Morgan fingerprint density at radius 2 is 1.94 bits per heavy atom. The quantitative estimate of drug-likeness (QED) is 0.712. The topological polar surface area (TPSA) is 58.1 Å². The van der Waals surface area contributed by atoms with Crippen molar-refractivity contribution in [1.29, 1.82) is 0 Å². The average molecular weight is 236 g/mol. The molecular weight excluding hydrogens is 216 g/mol. The third kappa shape index (κ3) is 4.91. The SMILES string of the molecule is CCN(CC)C(=O)CCNCc1ncccn1. The van der Waals surface area contributed by atoms with Crippen LogP contribution in [-0.4, -0.2) is 40.4 Å². The number of nitrogens with one attached hydrogen (secondary N) is 1. The minimum Gasteiger partial charge on any atom is -0.343 e. The summed E-state index contributed by atoms with van der Waals surface area (Å²) in [7, 11) is 0. The van der Waals surface area contributed by atoms with Gasteiger partial charge >= 0.3 is 0 Å². The smallest absolute Gasteiger partial charge is 0.223 e. The van der Waals surface area contributed by atoms with Gasteiger partial charge in [0.2, 0.25) is 5.91 Å². The molecule has 0 aliphatic heterocycles. The molecule has 1 aromatic heterocycles. The molecule has 0 aliphatic rings. The van der Waals surface area contributed by atoms with Crippen LogP contribution in [0.2, 0.25) is 0 Å². The maximum Gasteiger partial charge on any atom is 0.223 e. The highest BCUT2D eigenvalue weighted by molar-refractivity contribution is 5.76. The van der Waals surface area contributed by atoms with E-state index in [2.05, 4.69) is 15.3 Å². The molecule has 1 aromatic rings. The monoisotopic (exact) mass is 236 g/mol. The van der Waals surface area contributed by atoms with Crippen molar-refractivity contribution in [3.05, 3.63) is 24.3 Å². The summed E-state index contributed by atoms with van der Waals surface area (Å²) in [6.07, 6.45) is 3.95. The van der Waals surface area contributed by atoms with Gasteiger partial charge in [-0.3, -0.25) is 4.79 Å². The number of hydrogen-bond donors (Lipinski definition) is 1. The molecular formula is C12H20N4O. The standard InChI is InChI=1S/C12H20N4O/c1-3-16(4-2)12(17)6-9-13-10-11-14-7-5-8-15-11/h5,7-8,13H,3-4,6,9-10H2,1-2H3. The van der Waals surface area contributed by atoms with E-state index in [9.17, 15) is 4.79 Å². The van der Waals surface area contributed by atoms with Gasteiger partial charge in [-0.1, -0.05) is 0 Å². The molecule has 17 heavy (non-hydrogen) atoms. The molecule has 0 fully saturated rings. The lowest BCUT2D eigenvalue weighted by molar-refractivity contribution is -0.130. The van der Waals surface area contributed by atoms with Crippen molar-refractivity contribution < 1.29 is 4.79 Å². The summed E-state index contributed by atoms with van der Waals surface area (Å²) in [6, 6.07) is 1.79. The summed E-state index contributed by atoms with van der Waals surface area (Å²) >= 11 is 0. The third-order valence-electron chi connectivity index (χ3n) is 2.53. The van der Waals surface area contributed by atoms with Gasteiger partial charge in [0.05, 0.1) is 6.54 Å². The Bertz CT molecular complexity index is 325. The molecule has 0 radical (unpaired) electrons. The van der Waals surface area contributed by atoms with Gasteiger partial charge in [0.25, 0.3) is 0 Å². The first-order valence-corrected chi connectivity index (χ1v) is 6.02. The van der Waals surface area contributed by atoms with E-state index in [4.69, 9.17) is 0 Å². The van der Waals surface area contributed by atoms with Crippen LogP contribution in [0.1, 0.15) is 26.1 Å².